The number of nitrogens with one attached hydrogen (secondary N) is 2. The SMILES string of the molecule is Cc1occc1C(=O)Nc1cc(NC(=O)Cc2csc(Cc3ccccc3)n2)ccc1F. The Morgan fingerprint density at radius 3 is 2.66 bits per heavy atom. The maximum atomic E-state index is 14.2. The van der Waals surface area contributed by atoms with Crippen LogP contribution in [-0.2, 0) is 17.6 Å². The molecular weight excluding hydrogens is 429 g/mol. The summed E-state index contributed by atoms with van der Waals surface area (Å²) < 4.78 is 19.3. The number of thiazole rings is 1. The monoisotopic (exact) mass is 449 g/mol. The third-order valence-electron chi connectivity index (χ3n) is 4.74. The van der Waals surface area contributed by atoms with Crippen molar-refractivity contribution in [1.82, 2.24) is 4.98 Å². The van der Waals surface area contributed by atoms with Crippen molar-refractivity contribution < 1.29 is 18.4 Å². The van der Waals surface area contributed by atoms with Crippen LogP contribution in [0.2, 0.25) is 0 Å². The number of amides is 2. The van der Waals surface area contributed by atoms with Crippen LogP contribution in [0.1, 0.15) is 32.4 Å². The lowest BCUT2D eigenvalue weighted by Crippen LogP contribution is -2.16. The van der Waals surface area contributed by atoms with E-state index in [2.05, 4.69) is 15.6 Å². The predicted octanol–water partition coefficient (Wildman–Crippen LogP) is 5.21. The maximum absolute atomic E-state index is 14.2. The molecule has 2 N–H and O–H groups in total. The van der Waals surface area contributed by atoms with Crippen molar-refractivity contribution in [3.63, 3.8) is 0 Å². The van der Waals surface area contributed by atoms with Crippen LogP contribution in [-0.4, -0.2) is 16.8 Å². The van der Waals surface area contributed by atoms with Crippen LogP contribution in [0.25, 0.3) is 0 Å². The Hall–Kier alpha value is -3.78. The minimum absolute atomic E-state index is 0.0350. The lowest BCUT2D eigenvalue weighted by atomic mass is 10.2. The first-order valence-corrected chi connectivity index (χ1v) is 10.8. The zero-order valence-electron chi connectivity index (χ0n) is 17.2. The molecule has 6 nitrogen and oxygen atoms in total. The van der Waals surface area contributed by atoms with Gasteiger partial charge in [-0.1, -0.05) is 30.3 Å². The van der Waals surface area contributed by atoms with E-state index in [1.807, 2.05) is 35.7 Å². The first-order chi connectivity index (χ1) is 15.5. The minimum atomic E-state index is -0.609. The highest BCUT2D eigenvalue weighted by Crippen LogP contribution is 2.22. The highest BCUT2D eigenvalue weighted by atomic mass is 32.1. The van der Waals surface area contributed by atoms with Gasteiger partial charge in [0.05, 0.1) is 34.6 Å². The van der Waals surface area contributed by atoms with Gasteiger partial charge in [0.2, 0.25) is 5.91 Å². The van der Waals surface area contributed by atoms with Crippen LogP contribution in [0.5, 0.6) is 0 Å². The molecule has 0 unspecified atom stereocenters. The summed E-state index contributed by atoms with van der Waals surface area (Å²) in [5.41, 5.74) is 2.48. The molecule has 0 bridgehead atoms. The molecule has 0 saturated carbocycles. The zero-order chi connectivity index (χ0) is 22.5. The lowest BCUT2D eigenvalue weighted by molar-refractivity contribution is -0.115. The summed E-state index contributed by atoms with van der Waals surface area (Å²) in [6.07, 6.45) is 2.20. The summed E-state index contributed by atoms with van der Waals surface area (Å²) in [5.74, 6) is -0.951. The van der Waals surface area contributed by atoms with E-state index in [0.717, 1.165) is 10.6 Å². The third kappa shape index (κ3) is 5.28. The molecule has 2 aromatic carbocycles. The van der Waals surface area contributed by atoms with Crippen LogP contribution >= 0.6 is 11.3 Å². The lowest BCUT2D eigenvalue weighted by Gasteiger charge is -2.09. The molecule has 2 amide bonds. The summed E-state index contributed by atoms with van der Waals surface area (Å²) in [6.45, 7) is 1.64. The molecule has 0 aliphatic heterocycles. The molecule has 32 heavy (non-hydrogen) atoms. The molecule has 0 fully saturated rings. The average molecular weight is 450 g/mol. The van der Waals surface area contributed by atoms with Crippen LogP contribution in [0.15, 0.2) is 70.7 Å². The number of nitrogens with zero attached hydrogens (tertiary/aromatic N) is 1. The summed E-state index contributed by atoms with van der Waals surface area (Å²) >= 11 is 1.51. The number of halogens is 1. The Labute approximate surface area is 188 Å². The normalized spacial score (nSPS) is 10.7. The molecule has 4 aromatic rings. The van der Waals surface area contributed by atoms with Crippen molar-refractivity contribution in [1.29, 1.82) is 0 Å². The smallest absolute Gasteiger partial charge is 0.259 e. The van der Waals surface area contributed by atoms with Crippen LogP contribution in [0.3, 0.4) is 0 Å². The number of hydrogen-bond acceptors (Lipinski definition) is 5. The number of aryl methyl sites for hydroxylation is 1. The molecule has 0 atom stereocenters. The van der Waals surface area contributed by atoms with E-state index in [4.69, 9.17) is 4.42 Å². The van der Waals surface area contributed by atoms with Crippen LogP contribution < -0.4 is 10.6 Å². The number of aromatic nitrogens is 1. The van der Waals surface area contributed by atoms with Crippen LogP contribution in [0.4, 0.5) is 15.8 Å². The second-order valence-electron chi connectivity index (χ2n) is 7.16. The molecule has 2 aromatic heterocycles. The van der Waals surface area contributed by atoms with Crippen molar-refractivity contribution >= 4 is 34.5 Å². The van der Waals surface area contributed by atoms with Crippen molar-refractivity contribution in [2.24, 2.45) is 0 Å². The molecule has 0 radical (unpaired) electrons. The number of hydrogen-bond donors (Lipinski definition) is 2. The van der Waals surface area contributed by atoms with E-state index < -0.39 is 11.7 Å². The Morgan fingerprint density at radius 2 is 1.91 bits per heavy atom. The fourth-order valence-corrected chi connectivity index (χ4v) is 3.99. The Balaban J connectivity index is 1.38. The van der Waals surface area contributed by atoms with E-state index in [-0.39, 0.29) is 18.0 Å². The summed E-state index contributed by atoms with van der Waals surface area (Å²) in [5, 5.41) is 8.03. The number of carbonyl (C=O) groups excluding carboxylic acids is 2. The van der Waals surface area contributed by atoms with Gasteiger partial charge in [-0.3, -0.25) is 9.59 Å². The molecule has 2 heterocycles. The highest BCUT2D eigenvalue weighted by molar-refractivity contribution is 7.09. The first kappa shape index (κ1) is 21.5. The van der Waals surface area contributed by atoms with Gasteiger partial charge in [-0.15, -0.1) is 11.3 Å². The quantitative estimate of drug-likeness (QED) is 0.406. The van der Waals surface area contributed by atoms with E-state index in [0.29, 0.717) is 29.1 Å². The first-order valence-electron chi connectivity index (χ1n) is 9.90. The van der Waals surface area contributed by atoms with Gasteiger partial charge in [-0.25, -0.2) is 9.37 Å². The van der Waals surface area contributed by atoms with Crippen molar-refractivity contribution in [2.45, 2.75) is 19.8 Å². The van der Waals surface area contributed by atoms with E-state index in [1.54, 1.807) is 6.92 Å². The summed E-state index contributed by atoms with van der Waals surface area (Å²) in [7, 11) is 0. The molecule has 0 saturated heterocycles. The molecule has 4 rings (SSSR count). The minimum Gasteiger partial charge on any atom is -0.469 e. The zero-order valence-corrected chi connectivity index (χ0v) is 18.0. The molecule has 0 aliphatic rings. The van der Waals surface area contributed by atoms with E-state index in [1.165, 1.54) is 41.9 Å². The highest BCUT2D eigenvalue weighted by Gasteiger charge is 2.15. The Morgan fingerprint density at radius 1 is 1.09 bits per heavy atom. The Kier molecular flexibility index (Phi) is 6.42. The fraction of sp³-hybridized carbons (Fsp3) is 0.125. The Bertz CT molecular complexity index is 1250. The largest absolute Gasteiger partial charge is 0.469 e. The number of carbonyl (C=O) groups is 2. The van der Waals surface area contributed by atoms with Gasteiger partial charge in [0.15, 0.2) is 0 Å². The van der Waals surface area contributed by atoms with Crippen molar-refractivity contribution in [3.05, 3.63) is 99.6 Å². The topological polar surface area (TPSA) is 84.2 Å². The molecule has 0 aliphatic carbocycles. The van der Waals surface area contributed by atoms with Gasteiger partial charge in [-0.2, -0.15) is 0 Å². The second-order valence-corrected chi connectivity index (χ2v) is 8.10. The summed E-state index contributed by atoms with van der Waals surface area (Å²) in [6, 6.07) is 15.5. The molecule has 0 spiro atoms. The molecule has 162 valence electrons. The van der Waals surface area contributed by atoms with Gasteiger partial charge < -0.3 is 15.1 Å². The third-order valence-corrected chi connectivity index (χ3v) is 5.64. The van der Waals surface area contributed by atoms with E-state index in [9.17, 15) is 14.0 Å². The fourth-order valence-electron chi connectivity index (χ4n) is 3.16. The second kappa shape index (κ2) is 9.57. The molecule has 8 heteroatoms. The van der Waals surface area contributed by atoms with Gasteiger partial charge in [0, 0.05) is 17.5 Å². The summed E-state index contributed by atoms with van der Waals surface area (Å²) in [4.78, 5) is 29.3. The van der Waals surface area contributed by atoms with Gasteiger partial charge in [0.25, 0.3) is 5.91 Å². The predicted molar refractivity (Wildman–Crippen MR) is 121 cm³/mol. The van der Waals surface area contributed by atoms with Gasteiger partial charge in [-0.05, 0) is 36.8 Å². The number of rotatable bonds is 7. The van der Waals surface area contributed by atoms with Gasteiger partial charge in [0.1, 0.15) is 11.6 Å². The van der Waals surface area contributed by atoms with Crippen molar-refractivity contribution in [3.8, 4) is 0 Å². The number of anilines is 2. The van der Waals surface area contributed by atoms with E-state index >= 15 is 0 Å². The van der Waals surface area contributed by atoms with Crippen molar-refractivity contribution in [2.75, 3.05) is 10.6 Å². The van der Waals surface area contributed by atoms with Crippen LogP contribution in [0, 0.1) is 12.7 Å². The standard InChI is InChI=1S/C24H20FN3O3S/c1-15-19(9-10-31-15)24(30)28-21-12-17(7-8-20(21)25)26-22(29)13-18-14-32-23(27-18)11-16-5-3-2-4-6-16/h2-10,12,14H,11,13H2,1H3,(H,26,29)(H,28,30). The maximum Gasteiger partial charge on any atom is 0.259 e. The average Bonchev–Trinajstić information content (AvgIpc) is 3.39. The number of furan rings is 1. The number of benzene rings is 2. The van der Waals surface area contributed by atoms with Gasteiger partial charge >= 0.3 is 0 Å². The molecular formula is C24H20FN3O3S.